The summed E-state index contributed by atoms with van der Waals surface area (Å²) < 4.78 is 46.1. The molecule has 3 heterocycles. The Morgan fingerprint density at radius 3 is 2.67 bits per heavy atom. The fourth-order valence-corrected chi connectivity index (χ4v) is 5.14. The molecule has 0 spiro atoms. The summed E-state index contributed by atoms with van der Waals surface area (Å²) >= 11 is 7.06. The van der Waals surface area contributed by atoms with Gasteiger partial charge in [-0.3, -0.25) is 14.5 Å². The fourth-order valence-electron chi connectivity index (χ4n) is 4.07. The number of amides is 1. The predicted octanol–water partition coefficient (Wildman–Crippen LogP) is 5.29. The quantitative estimate of drug-likeness (QED) is 0.309. The van der Waals surface area contributed by atoms with E-state index in [1.165, 1.54) is 12.3 Å². The van der Waals surface area contributed by atoms with E-state index < -0.39 is 17.6 Å². The van der Waals surface area contributed by atoms with E-state index >= 15 is 0 Å². The lowest BCUT2D eigenvalue weighted by molar-refractivity contribution is -0.137. The summed E-state index contributed by atoms with van der Waals surface area (Å²) in [4.78, 5) is 39.7. The molecule has 4 rings (SSSR count). The van der Waals surface area contributed by atoms with Gasteiger partial charge in [0.1, 0.15) is 40.1 Å². The number of nitrogen functional groups attached to an aromatic ring is 1. The normalized spacial score (nSPS) is 14.8. The zero-order chi connectivity index (χ0) is 28.2. The van der Waals surface area contributed by atoms with Gasteiger partial charge in [-0.25, -0.2) is 15.0 Å². The molecular weight excluding hydrogens is 557 g/mol. The molecule has 9 nitrogen and oxygen atoms in total. The molecule has 1 aromatic carbocycles. The molecule has 3 N–H and O–H groups in total. The molecule has 0 aliphatic carbocycles. The van der Waals surface area contributed by atoms with Crippen LogP contribution < -0.4 is 15.8 Å². The summed E-state index contributed by atoms with van der Waals surface area (Å²) in [6, 6.07) is 3.13. The van der Waals surface area contributed by atoms with Gasteiger partial charge in [0.2, 0.25) is 0 Å². The highest BCUT2D eigenvalue weighted by Crippen LogP contribution is 2.35. The Morgan fingerprint density at radius 2 is 1.95 bits per heavy atom. The number of ketones is 1. The molecule has 1 fully saturated rings. The maximum atomic E-state index is 13.5. The maximum absolute atomic E-state index is 13.5. The van der Waals surface area contributed by atoms with Crippen LogP contribution in [0.4, 0.5) is 24.7 Å². The number of likely N-dealkylation sites (tertiary alicyclic amines) is 1. The second-order valence-electron chi connectivity index (χ2n) is 9.11. The minimum Gasteiger partial charge on any atom is -0.492 e. The molecule has 208 valence electrons. The number of aromatic nitrogens is 3. The van der Waals surface area contributed by atoms with Crippen molar-refractivity contribution in [2.75, 3.05) is 37.3 Å². The van der Waals surface area contributed by atoms with Crippen LogP contribution in [0, 0.1) is 0 Å². The number of hydrogen-bond acceptors (Lipinski definition) is 9. The maximum Gasteiger partial charge on any atom is 0.416 e. The zero-order valence-electron chi connectivity index (χ0n) is 20.9. The topological polar surface area (TPSA) is 123 Å². The largest absolute Gasteiger partial charge is 0.492 e. The molecular formula is C25H26ClF3N6O3S. The minimum absolute atomic E-state index is 0.00347. The van der Waals surface area contributed by atoms with Crippen molar-refractivity contribution in [1.29, 1.82) is 0 Å². The van der Waals surface area contributed by atoms with Crippen molar-refractivity contribution in [2.24, 2.45) is 0 Å². The van der Waals surface area contributed by atoms with Crippen LogP contribution in [0.5, 0.6) is 5.75 Å². The van der Waals surface area contributed by atoms with Crippen molar-refractivity contribution in [3.63, 3.8) is 0 Å². The summed E-state index contributed by atoms with van der Waals surface area (Å²) in [5.41, 5.74) is 4.64. The van der Waals surface area contributed by atoms with E-state index in [0.717, 1.165) is 55.7 Å². The first kappa shape index (κ1) is 28.7. The van der Waals surface area contributed by atoms with Gasteiger partial charge in [0, 0.05) is 30.6 Å². The molecule has 1 amide bonds. The number of carbonyl (C=O) groups is 2. The second-order valence-corrected chi connectivity index (χ2v) is 10.5. The lowest BCUT2D eigenvalue weighted by Crippen LogP contribution is -2.25. The lowest BCUT2D eigenvalue weighted by atomic mass is 10.0. The molecule has 0 saturated carbocycles. The number of hydrogen-bond donors (Lipinski definition) is 2. The number of anilines is 2. The summed E-state index contributed by atoms with van der Waals surface area (Å²) in [6.45, 7) is 4.48. The molecule has 39 heavy (non-hydrogen) atoms. The van der Waals surface area contributed by atoms with Gasteiger partial charge in [0.15, 0.2) is 5.78 Å². The van der Waals surface area contributed by atoms with Crippen molar-refractivity contribution >= 4 is 46.1 Å². The number of rotatable bonds is 10. The molecule has 0 bridgehead atoms. The number of halogens is 4. The van der Waals surface area contributed by atoms with Gasteiger partial charge >= 0.3 is 6.18 Å². The average Bonchev–Trinajstić information content (AvgIpc) is 3.58. The molecule has 1 aliphatic heterocycles. The van der Waals surface area contributed by atoms with Gasteiger partial charge in [0.25, 0.3) is 5.91 Å². The smallest absolute Gasteiger partial charge is 0.416 e. The number of Topliss-reactive ketones (excluding diaryl/α,β-unsaturated/α-hetero) is 1. The molecule has 1 atom stereocenters. The van der Waals surface area contributed by atoms with Gasteiger partial charge in [-0.2, -0.15) is 13.2 Å². The highest BCUT2D eigenvalue weighted by Gasteiger charge is 2.32. The number of nitrogens with one attached hydrogen (secondary N) is 1. The van der Waals surface area contributed by atoms with Crippen molar-refractivity contribution < 1.29 is 27.5 Å². The van der Waals surface area contributed by atoms with E-state index in [0.29, 0.717) is 11.6 Å². The second kappa shape index (κ2) is 12.3. The Kier molecular flexibility index (Phi) is 9.03. The number of alkyl halides is 3. The number of nitrogens with two attached hydrogens (primary N) is 1. The van der Waals surface area contributed by atoms with E-state index in [-0.39, 0.29) is 57.6 Å². The van der Waals surface area contributed by atoms with Crippen molar-refractivity contribution in [2.45, 2.75) is 38.3 Å². The van der Waals surface area contributed by atoms with Gasteiger partial charge < -0.3 is 15.8 Å². The third-order valence-electron chi connectivity index (χ3n) is 6.11. The number of nitrogens with zero attached hydrogens (tertiary/aromatic N) is 4. The van der Waals surface area contributed by atoms with E-state index in [9.17, 15) is 22.8 Å². The highest BCUT2D eigenvalue weighted by atomic mass is 35.5. The van der Waals surface area contributed by atoms with Crippen LogP contribution in [0.2, 0.25) is 5.02 Å². The molecule has 14 heteroatoms. The molecule has 3 aromatic rings. The van der Waals surface area contributed by atoms with E-state index in [1.807, 2.05) is 0 Å². The minimum atomic E-state index is -4.62. The van der Waals surface area contributed by atoms with E-state index in [2.05, 4.69) is 25.2 Å². The standard InChI is InChI=1S/C25H26ClF3N6O3S/c1-14(8-18(36)21-20(26)22(30)33-13-32-21)24-31-12-19(39-24)23(37)34-16-9-15(25(27,28)29)10-17(11-16)38-7-6-35-4-2-3-5-35/h9-14H,2-8H2,1H3,(H,34,37)(H2,30,32,33). The third-order valence-corrected chi connectivity index (χ3v) is 7.71. The van der Waals surface area contributed by atoms with Crippen LogP contribution >= 0.6 is 22.9 Å². The summed E-state index contributed by atoms with van der Waals surface area (Å²) in [7, 11) is 0. The van der Waals surface area contributed by atoms with Crippen LogP contribution in [-0.4, -0.2) is 57.8 Å². The highest BCUT2D eigenvalue weighted by molar-refractivity contribution is 7.13. The molecule has 1 aliphatic rings. The van der Waals surface area contributed by atoms with Gasteiger partial charge in [0.05, 0.1) is 16.8 Å². The van der Waals surface area contributed by atoms with Crippen molar-refractivity contribution in [3.05, 3.63) is 56.9 Å². The molecule has 1 saturated heterocycles. The Balaban J connectivity index is 1.42. The molecule has 2 aromatic heterocycles. The van der Waals surface area contributed by atoms with Crippen LogP contribution in [-0.2, 0) is 6.18 Å². The fraction of sp³-hybridized carbons (Fsp3) is 0.400. The van der Waals surface area contributed by atoms with Crippen LogP contribution in [0.1, 0.15) is 62.8 Å². The summed E-state index contributed by atoms with van der Waals surface area (Å²) in [5.74, 6) is -1.39. The van der Waals surface area contributed by atoms with Crippen molar-refractivity contribution in [1.82, 2.24) is 19.9 Å². The summed E-state index contributed by atoms with van der Waals surface area (Å²) in [5, 5.41) is 2.96. The lowest BCUT2D eigenvalue weighted by Gasteiger charge is -2.17. The van der Waals surface area contributed by atoms with Crippen LogP contribution in [0.15, 0.2) is 30.7 Å². The monoisotopic (exact) mass is 582 g/mol. The first-order valence-electron chi connectivity index (χ1n) is 12.1. The van der Waals surface area contributed by atoms with Gasteiger partial charge in [-0.15, -0.1) is 11.3 Å². The average molecular weight is 583 g/mol. The number of carbonyl (C=O) groups excluding carboxylic acids is 2. The first-order valence-corrected chi connectivity index (χ1v) is 13.3. The SMILES string of the molecule is CC(CC(=O)c1ncnc(N)c1Cl)c1ncc(C(=O)Nc2cc(OCCN3CCCC3)cc(C(F)(F)F)c2)s1. The van der Waals surface area contributed by atoms with Gasteiger partial charge in [-0.05, 0) is 38.1 Å². The van der Waals surface area contributed by atoms with Crippen LogP contribution in [0.3, 0.4) is 0 Å². The number of thiazole rings is 1. The summed E-state index contributed by atoms with van der Waals surface area (Å²) in [6.07, 6.45) is 0.0238. The Bertz CT molecular complexity index is 1350. The Morgan fingerprint density at radius 1 is 1.21 bits per heavy atom. The molecule has 0 radical (unpaired) electrons. The van der Waals surface area contributed by atoms with Crippen molar-refractivity contribution in [3.8, 4) is 5.75 Å². The van der Waals surface area contributed by atoms with Gasteiger partial charge in [-0.1, -0.05) is 18.5 Å². The Labute approximate surface area is 231 Å². The van der Waals surface area contributed by atoms with Crippen LogP contribution in [0.25, 0.3) is 0 Å². The third kappa shape index (κ3) is 7.43. The first-order chi connectivity index (χ1) is 18.5. The predicted molar refractivity (Wildman–Crippen MR) is 141 cm³/mol. The Hall–Kier alpha value is -3.29. The van der Waals surface area contributed by atoms with E-state index in [4.69, 9.17) is 22.1 Å². The number of benzene rings is 1. The number of ether oxygens (including phenoxy) is 1. The zero-order valence-corrected chi connectivity index (χ0v) is 22.5. The van der Waals surface area contributed by atoms with E-state index in [1.54, 1.807) is 6.92 Å². The molecule has 1 unspecified atom stereocenters.